The maximum Gasteiger partial charge on any atom is 0.236 e. The van der Waals surface area contributed by atoms with E-state index in [4.69, 9.17) is 23.2 Å². The Bertz CT molecular complexity index is 1630. The van der Waals surface area contributed by atoms with E-state index in [-0.39, 0.29) is 17.1 Å². The third-order valence-corrected chi connectivity index (χ3v) is 8.61. The molecule has 2 heterocycles. The summed E-state index contributed by atoms with van der Waals surface area (Å²) < 4.78 is 1.99. The molecule has 0 spiro atoms. The Balaban J connectivity index is 1.30. The first-order valence-corrected chi connectivity index (χ1v) is 15.2. The second kappa shape index (κ2) is 12.1. The first-order chi connectivity index (χ1) is 19.2. The molecule has 2 aromatic heterocycles. The van der Waals surface area contributed by atoms with Gasteiger partial charge in [-0.3, -0.25) is 9.36 Å². The number of amides is 1. The van der Waals surface area contributed by atoms with E-state index in [0.717, 1.165) is 27.5 Å². The third kappa shape index (κ3) is 6.75. The summed E-state index contributed by atoms with van der Waals surface area (Å²) in [7, 11) is 0. The lowest BCUT2D eigenvalue weighted by atomic mass is 9.87. The molecule has 40 heavy (non-hydrogen) atoms. The predicted molar refractivity (Wildman–Crippen MR) is 166 cm³/mol. The molecular formula is C30H27Cl2N5OS2. The van der Waals surface area contributed by atoms with Crippen molar-refractivity contribution < 1.29 is 4.79 Å². The highest BCUT2D eigenvalue weighted by Crippen LogP contribution is 2.31. The normalized spacial score (nSPS) is 11.5. The van der Waals surface area contributed by atoms with Gasteiger partial charge in [0.25, 0.3) is 0 Å². The largest absolute Gasteiger partial charge is 0.301 e. The maximum absolute atomic E-state index is 12.8. The van der Waals surface area contributed by atoms with Gasteiger partial charge in [-0.05, 0) is 46.9 Å². The van der Waals surface area contributed by atoms with E-state index < -0.39 is 0 Å². The Hall–Kier alpha value is -3.17. The van der Waals surface area contributed by atoms with Crippen LogP contribution in [0.4, 0.5) is 5.13 Å². The van der Waals surface area contributed by atoms with Crippen LogP contribution in [0.5, 0.6) is 0 Å². The van der Waals surface area contributed by atoms with E-state index in [1.165, 1.54) is 28.7 Å². The Labute approximate surface area is 251 Å². The smallest absolute Gasteiger partial charge is 0.236 e. The summed E-state index contributed by atoms with van der Waals surface area (Å²) in [5.41, 5.74) is 4.09. The van der Waals surface area contributed by atoms with Gasteiger partial charge in [0.05, 0.1) is 5.75 Å². The zero-order valence-corrected chi connectivity index (χ0v) is 25.3. The van der Waals surface area contributed by atoms with Gasteiger partial charge in [-0.25, -0.2) is 4.98 Å². The van der Waals surface area contributed by atoms with Crippen LogP contribution in [0.3, 0.4) is 0 Å². The SMILES string of the molecule is CC(C)(C)c1ccc(-c2nnc(SCC(=O)Nc3ncc(Cc4cc(Cl)ccc4Cl)s3)n2-c2ccccc2)cc1. The van der Waals surface area contributed by atoms with Crippen molar-refractivity contribution in [3.05, 3.63) is 105 Å². The molecule has 0 radical (unpaired) electrons. The van der Waals surface area contributed by atoms with Crippen molar-refractivity contribution in [3.8, 4) is 17.1 Å². The Morgan fingerprint density at radius 2 is 1.75 bits per heavy atom. The van der Waals surface area contributed by atoms with Crippen molar-refractivity contribution in [2.24, 2.45) is 0 Å². The van der Waals surface area contributed by atoms with E-state index >= 15 is 0 Å². The Kier molecular flexibility index (Phi) is 8.61. The molecular weight excluding hydrogens is 581 g/mol. The molecule has 0 aliphatic carbocycles. The number of rotatable bonds is 8. The molecule has 0 saturated carbocycles. The number of para-hydroxylation sites is 1. The highest BCUT2D eigenvalue weighted by atomic mass is 35.5. The van der Waals surface area contributed by atoms with Gasteiger partial charge < -0.3 is 5.32 Å². The minimum absolute atomic E-state index is 0.0561. The van der Waals surface area contributed by atoms with Crippen LogP contribution in [0.25, 0.3) is 17.1 Å². The number of thioether (sulfide) groups is 1. The molecule has 0 atom stereocenters. The molecule has 1 amide bonds. The lowest BCUT2D eigenvalue weighted by molar-refractivity contribution is -0.113. The highest BCUT2D eigenvalue weighted by molar-refractivity contribution is 7.99. The van der Waals surface area contributed by atoms with Crippen molar-refractivity contribution in [3.63, 3.8) is 0 Å². The van der Waals surface area contributed by atoms with Crippen LogP contribution in [0.1, 0.15) is 36.8 Å². The second-order valence-corrected chi connectivity index (χ2v) is 13.1. The van der Waals surface area contributed by atoms with Gasteiger partial charge in [-0.1, -0.05) is 98.2 Å². The van der Waals surface area contributed by atoms with Crippen LogP contribution in [0, 0.1) is 0 Å². The third-order valence-electron chi connectivity index (χ3n) is 6.16. The van der Waals surface area contributed by atoms with E-state index in [1.807, 2.05) is 41.0 Å². The molecule has 0 bridgehead atoms. The van der Waals surface area contributed by atoms with Gasteiger partial charge in [0.2, 0.25) is 5.91 Å². The minimum atomic E-state index is -0.176. The van der Waals surface area contributed by atoms with Crippen LogP contribution in [-0.2, 0) is 16.6 Å². The quantitative estimate of drug-likeness (QED) is 0.179. The number of nitrogens with one attached hydrogen (secondary N) is 1. The van der Waals surface area contributed by atoms with Crippen molar-refractivity contribution in [1.82, 2.24) is 19.7 Å². The molecule has 6 nitrogen and oxygen atoms in total. The standard InChI is InChI=1S/C30H27Cl2N5OS2/c1-30(2,3)21-11-9-19(10-12-21)27-35-36-29(37(27)23-7-5-4-6-8-23)39-18-26(38)34-28-33-17-24(40-28)16-20-15-22(31)13-14-25(20)32/h4-15,17H,16,18H2,1-3H3,(H,33,34,38). The summed E-state index contributed by atoms with van der Waals surface area (Å²) in [6, 6.07) is 23.7. The molecule has 0 saturated heterocycles. The fourth-order valence-corrected chi connectivity index (χ4v) is 6.06. The molecule has 0 aliphatic rings. The number of nitrogens with zero attached hydrogens (tertiary/aromatic N) is 4. The molecule has 5 rings (SSSR count). The molecule has 0 aliphatic heterocycles. The Morgan fingerprint density at radius 1 is 1.00 bits per heavy atom. The first kappa shape index (κ1) is 28.4. The van der Waals surface area contributed by atoms with E-state index in [0.29, 0.717) is 26.8 Å². The van der Waals surface area contributed by atoms with Gasteiger partial charge in [-0.15, -0.1) is 21.5 Å². The summed E-state index contributed by atoms with van der Waals surface area (Å²) >= 11 is 15.1. The van der Waals surface area contributed by atoms with E-state index in [9.17, 15) is 4.79 Å². The zero-order chi connectivity index (χ0) is 28.3. The van der Waals surface area contributed by atoms with Gasteiger partial charge in [0.1, 0.15) is 0 Å². The number of aromatic nitrogens is 4. The van der Waals surface area contributed by atoms with E-state index in [2.05, 4.69) is 65.5 Å². The number of anilines is 1. The summed E-state index contributed by atoms with van der Waals surface area (Å²) in [4.78, 5) is 18.2. The van der Waals surface area contributed by atoms with Crippen molar-refractivity contribution in [2.75, 3.05) is 11.1 Å². The van der Waals surface area contributed by atoms with Crippen LogP contribution >= 0.6 is 46.3 Å². The Morgan fingerprint density at radius 3 is 2.48 bits per heavy atom. The van der Waals surface area contributed by atoms with Crippen LogP contribution in [-0.4, -0.2) is 31.4 Å². The second-order valence-electron chi connectivity index (χ2n) is 10.2. The fourth-order valence-electron chi connectivity index (χ4n) is 4.08. The molecule has 3 aromatic carbocycles. The average Bonchev–Trinajstić information content (AvgIpc) is 3.56. The van der Waals surface area contributed by atoms with Crippen LogP contribution in [0.2, 0.25) is 10.0 Å². The molecule has 1 N–H and O–H groups in total. The van der Waals surface area contributed by atoms with Crippen LogP contribution < -0.4 is 5.32 Å². The number of hydrogen-bond donors (Lipinski definition) is 1. The molecule has 10 heteroatoms. The molecule has 0 fully saturated rings. The number of carbonyl (C=O) groups is 1. The van der Waals surface area contributed by atoms with E-state index in [1.54, 1.807) is 18.3 Å². The first-order valence-electron chi connectivity index (χ1n) is 12.6. The number of hydrogen-bond acceptors (Lipinski definition) is 6. The number of carbonyl (C=O) groups excluding carboxylic acids is 1. The lowest BCUT2D eigenvalue weighted by Gasteiger charge is -2.19. The fraction of sp³-hybridized carbons (Fsp3) is 0.200. The molecule has 204 valence electrons. The zero-order valence-electron chi connectivity index (χ0n) is 22.2. The predicted octanol–water partition coefficient (Wildman–Crippen LogP) is 8.32. The summed E-state index contributed by atoms with van der Waals surface area (Å²) in [6.07, 6.45) is 2.33. The van der Waals surface area contributed by atoms with Crippen molar-refractivity contribution in [1.29, 1.82) is 0 Å². The summed E-state index contributed by atoms with van der Waals surface area (Å²) in [5, 5.41) is 14.3. The van der Waals surface area contributed by atoms with Gasteiger partial charge in [-0.2, -0.15) is 0 Å². The van der Waals surface area contributed by atoms with Crippen molar-refractivity contribution >= 4 is 57.3 Å². The topological polar surface area (TPSA) is 72.7 Å². The van der Waals surface area contributed by atoms with Gasteiger partial charge in [0.15, 0.2) is 16.1 Å². The summed E-state index contributed by atoms with van der Waals surface area (Å²) in [6.45, 7) is 6.57. The lowest BCUT2D eigenvalue weighted by Crippen LogP contribution is -2.14. The number of halogens is 2. The number of thiazole rings is 1. The molecule has 0 unspecified atom stereocenters. The van der Waals surface area contributed by atoms with Gasteiger partial charge in [0, 0.05) is 38.8 Å². The average molecular weight is 609 g/mol. The molecule has 5 aromatic rings. The minimum Gasteiger partial charge on any atom is -0.301 e. The monoisotopic (exact) mass is 607 g/mol. The van der Waals surface area contributed by atoms with Gasteiger partial charge >= 0.3 is 0 Å². The maximum atomic E-state index is 12.8. The van der Waals surface area contributed by atoms with Crippen LogP contribution in [0.15, 0.2) is 84.1 Å². The summed E-state index contributed by atoms with van der Waals surface area (Å²) in [5.74, 6) is 0.701. The highest BCUT2D eigenvalue weighted by Gasteiger charge is 2.19. The number of benzene rings is 3. The van der Waals surface area contributed by atoms with Crippen molar-refractivity contribution in [2.45, 2.75) is 37.8 Å².